The number of fused-ring (bicyclic) bond motifs is 1. The van der Waals surface area contributed by atoms with Crippen LogP contribution in [0.3, 0.4) is 0 Å². The fourth-order valence-corrected chi connectivity index (χ4v) is 4.31. The van der Waals surface area contributed by atoms with Gasteiger partial charge in [0.1, 0.15) is 19.0 Å². The number of hydrazone groups is 1. The largest absolute Gasteiger partial charge is 0.493 e. The van der Waals surface area contributed by atoms with Crippen molar-refractivity contribution in [3.05, 3.63) is 64.7 Å². The maximum absolute atomic E-state index is 13.1. The second-order valence-corrected chi connectivity index (χ2v) is 9.03. The van der Waals surface area contributed by atoms with Gasteiger partial charge in [0.25, 0.3) is 5.91 Å². The van der Waals surface area contributed by atoms with E-state index in [0.29, 0.717) is 27.6 Å². The standard InChI is InChI=1S/C26H23F3N4O4S/c1-4-5-17-12-16(13-19-22(30)33-25(31-23(19)34)38-24(32-33)26(27,28)29)14-20(35-3)21(17)37-11-10-36-18-8-6-15(2)7-9-18/h4-9,12-14,30H,10-11H2,1-3H3/b5-4+,19-13-,30-22?. The minimum atomic E-state index is -4.71. The molecule has 0 unspecified atom stereocenters. The molecule has 198 valence electrons. The van der Waals surface area contributed by atoms with Crippen molar-refractivity contribution < 1.29 is 32.2 Å². The lowest BCUT2D eigenvalue weighted by atomic mass is 10.0. The summed E-state index contributed by atoms with van der Waals surface area (Å²) in [7, 11) is 1.46. The normalized spacial score (nSPS) is 16.6. The number of thioether (sulfide) groups is 1. The number of ether oxygens (including phenoxy) is 3. The molecule has 0 radical (unpaired) electrons. The van der Waals surface area contributed by atoms with E-state index < -0.39 is 23.0 Å². The van der Waals surface area contributed by atoms with Crippen LogP contribution in [-0.4, -0.2) is 53.5 Å². The van der Waals surface area contributed by atoms with E-state index in [-0.39, 0.29) is 35.7 Å². The molecule has 2 aromatic rings. The number of amidine groups is 2. The number of halogens is 3. The molecule has 2 aliphatic rings. The summed E-state index contributed by atoms with van der Waals surface area (Å²) in [6.07, 6.45) is 0.215. The zero-order chi connectivity index (χ0) is 27.4. The zero-order valence-corrected chi connectivity index (χ0v) is 21.4. The molecule has 0 spiro atoms. The van der Waals surface area contributed by atoms with E-state index in [2.05, 4.69) is 10.1 Å². The van der Waals surface area contributed by atoms with Gasteiger partial charge in [-0.25, -0.2) is 0 Å². The lowest BCUT2D eigenvalue weighted by Crippen LogP contribution is -2.35. The van der Waals surface area contributed by atoms with Gasteiger partial charge in [0, 0.05) is 5.56 Å². The van der Waals surface area contributed by atoms with Crippen LogP contribution in [0.2, 0.25) is 0 Å². The molecule has 38 heavy (non-hydrogen) atoms. The molecule has 0 saturated carbocycles. The highest BCUT2D eigenvalue weighted by molar-refractivity contribution is 8.27. The molecule has 0 atom stereocenters. The van der Waals surface area contributed by atoms with Crippen LogP contribution in [-0.2, 0) is 4.79 Å². The summed E-state index contributed by atoms with van der Waals surface area (Å²) in [4.78, 5) is 16.3. The number of nitrogens with one attached hydrogen (secondary N) is 1. The summed E-state index contributed by atoms with van der Waals surface area (Å²) in [6.45, 7) is 4.32. The van der Waals surface area contributed by atoms with Crippen LogP contribution in [0.15, 0.2) is 58.1 Å². The van der Waals surface area contributed by atoms with Crippen LogP contribution in [0.5, 0.6) is 17.2 Å². The SMILES string of the molecule is C/C=C/c1cc(/C=C2/C(=N)N3N=C(C(F)(F)F)SC3=NC2=O)cc(OC)c1OCCOc1ccc(C)cc1. The summed E-state index contributed by atoms with van der Waals surface area (Å²) < 4.78 is 56.4. The monoisotopic (exact) mass is 544 g/mol. The summed E-state index contributed by atoms with van der Waals surface area (Å²) in [5.74, 6) is 0.173. The maximum Gasteiger partial charge on any atom is 0.441 e. The van der Waals surface area contributed by atoms with Crippen LogP contribution < -0.4 is 14.2 Å². The van der Waals surface area contributed by atoms with E-state index in [0.717, 1.165) is 11.3 Å². The average molecular weight is 545 g/mol. The van der Waals surface area contributed by atoms with Crippen LogP contribution in [0, 0.1) is 12.3 Å². The quantitative estimate of drug-likeness (QED) is 0.340. The van der Waals surface area contributed by atoms with E-state index in [9.17, 15) is 18.0 Å². The number of carbonyl (C=O) groups excluding carboxylic acids is 1. The molecule has 0 saturated heterocycles. The third kappa shape index (κ3) is 5.91. The van der Waals surface area contributed by atoms with Gasteiger partial charge >= 0.3 is 6.18 Å². The van der Waals surface area contributed by atoms with Gasteiger partial charge in [-0.1, -0.05) is 29.8 Å². The molecule has 2 aliphatic heterocycles. The van der Waals surface area contributed by atoms with Crippen molar-refractivity contribution in [1.29, 1.82) is 5.41 Å². The molecule has 8 nitrogen and oxygen atoms in total. The van der Waals surface area contributed by atoms with Gasteiger partial charge in [0.15, 0.2) is 17.3 Å². The van der Waals surface area contributed by atoms with Crippen molar-refractivity contribution in [2.24, 2.45) is 10.1 Å². The van der Waals surface area contributed by atoms with Gasteiger partial charge in [-0.05, 0) is 61.5 Å². The Kier molecular flexibility index (Phi) is 7.91. The highest BCUT2D eigenvalue weighted by atomic mass is 32.2. The third-order valence-electron chi connectivity index (χ3n) is 5.30. The lowest BCUT2D eigenvalue weighted by Gasteiger charge is -2.20. The van der Waals surface area contributed by atoms with Crippen LogP contribution in [0.25, 0.3) is 12.2 Å². The Morgan fingerprint density at radius 1 is 1.13 bits per heavy atom. The second kappa shape index (κ2) is 11.1. The number of hydrogen-bond donors (Lipinski definition) is 1. The van der Waals surface area contributed by atoms with Crippen LogP contribution in [0.1, 0.15) is 23.6 Å². The maximum atomic E-state index is 13.1. The number of alkyl halides is 3. The Morgan fingerprint density at radius 2 is 1.84 bits per heavy atom. The number of aliphatic imine (C=N–C) groups is 1. The van der Waals surface area contributed by atoms with Crippen molar-refractivity contribution >= 4 is 45.9 Å². The first-order valence-electron chi connectivity index (χ1n) is 11.3. The minimum Gasteiger partial charge on any atom is -0.493 e. The molecule has 1 N–H and O–H groups in total. The molecule has 12 heteroatoms. The smallest absolute Gasteiger partial charge is 0.441 e. The number of benzene rings is 2. The van der Waals surface area contributed by atoms with Crippen LogP contribution >= 0.6 is 11.8 Å². The van der Waals surface area contributed by atoms with Gasteiger partial charge in [-0.3, -0.25) is 10.2 Å². The number of rotatable bonds is 8. The van der Waals surface area contributed by atoms with Gasteiger partial charge < -0.3 is 14.2 Å². The van der Waals surface area contributed by atoms with E-state index in [4.69, 9.17) is 19.6 Å². The number of hydrogen-bond acceptors (Lipinski definition) is 7. The molecule has 0 bridgehead atoms. The van der Waals surface area contributed by atoms with Gasteiger partial charge in [-0.15, -0.1) is 0 Å². The molecule has 0 aliphatic carbocycles. The fraction of sp³-hybridized carbons (Fsp3) is 0.231. The van der Waals surface area contributed by atoms with E-state index in [1.54, 1.807) is 24.3 Å². The molecule has 2 heterocycles. The van der Waals surface area contributed by atoms with E-state index >= 15 is 0 Å². The first-order chi connectivity index (χ1) is 18.1. The average Bonchev–Trinajstić information content (AvgIpc) is 3.31. The number of aryl methyl sites for hydroxylation is 1. The van der Waals surface area contributed by atoms with Gasteiger partial charge in [0.2, 0.25) is 10.2 Å². The molecule has 1 amide bonds. The lowest BCUT2D eigenvalue weighted by molar-refractivity contribution is -0.114. The van der Waals surface area contributed by atoms with Crippen LogP contribution in [0.4, 0.5) is 13.2 Å². The predicted molar refractivity (Wildman–Crippen MR) is 141 cm³/mol. The number of allylic oxidation sites excluding steroid dienone is 1. The summed E-state index contributed by atoms with van der Waals surface area (Å²) >= 11 is 0.199. The number of methoxy groups -OCH3 is 1. The second-order valence-electron chi connectivity index (χ2n) is 8.07. The third-order valence-corrected chi connectivity index (χ3v) is 6.25. The highest BCUT2D eigenvalue weighted by Crippen LogP contribution is 2.37. The Bertz CT molecular complexity index is 1380. The Morgan fingerprint density at radius 3 is 2.50 bits per heavy atom. The first-order valence-corrected chi connectivity index (χ1v) is 12.2. The van der Waals surface area contributed by atoms with Gasteiger partial charge in [0.05, 0.1) is 12.7 Å². The number of carbonyl (C=O) groups is 1. The molecule has 2 aromatic carbocycles. The molecule has 0 fully saturated rings. The first kappa shape index (κ1) is 27.0. The summed E-state index contributed by atoms with van der Waals surface area (Å²) in [6, 6.07) is 10.9. The zero-order valence-electron chi connectivity index (χ0n) is 20.6. The van der Waals surface area contributed by atoms with Crippen molar-refractivity contribution in [2.45, 2.75) is 20.0 Å². The molecular weight excluding hydrogens is 521 g/mol. The predicted octanol–water partition coefficient (Wildman–Crippen LogP) is 5.68. The molecule has 4 rings (SSSR count). The summed E-state index contributed by atoms with van der Waals surface area (Å²) in [5.41, 5.74) is 1.99. The highest BCUT2D eigenvalue weighted by Gasteiger charge is 2.46. The van der Waals surface area contributed by atoms with E-state index in [1.165, 1.54) is 13.2 Å². The number of amides is 1. The Hall–Kier alpha value is -4.06. The summed E-state index contributed by atoms with van der Waals surface area (Å²) in [5, 5.41) is 10.9. The Labute approximate surface area is 221 Å². The topological polar surface area (TPSA) is 96.6 Å². The van der Waals surface area contributed by atoms with Gasteiger partial charge in [-0.2, -0.15) is 28.3 Å². The van der Waals surface area contributed by atoms with Crippen molar-refractivity contribution in [2.75, 3.05) is 20.3 Å². The molecular formula is C26H23F3N4O4S. The van der Waals surface area contributed by atoms with E-state index in [1.807, 2.05) is 38.1 Å². The van der Waals surface area contributed by atoms with Crippen molar-refractivity contribution in [1.82, 2.24) is 5.01 Å². The molecule has 0 aromatic heterocycles. The Balaban J connectivity index is 1.57. The minimum absolute atomic E-state index is 0.199. The van der Waals surface area contributed by atoms with Crippen molar-refractivity contribution in [3.63, 3.8) is 0 Å². The fourth-order valence-electron chi connectivity index (χ4n) is 3.55. The number of nitrogens with zero attached hydrogens (tertiary/aromatic N) is 3. The van der Waals surface area contributed by atoms with Crippen molar-refractivity contribution in [3.8, 4) is 17.2 Å².